The Morgan fingerprint density at radius 2 is 1.83 bits per heavy atom. The van der Waals surface area contributed by atoms with Crippen molar-refractivity contribution in [2.45, 2.75) is 39.4 Å². The number of fused-ring (bicyclic) bond motifs is 1. The van der Waals surface area contributed by atoms with E-state index in [1.165, 1.54) is 4.57 Å². The summed E-state index contributed by atoms with van der Waals surface area (Å²) < 4.78 is 10.3. The summed E-state index contributed by atoms with van der Waals surface area (Å²) in [6.07, 6.45) is 1.62. The Balaban J connectivity index is 1.97. The zero-order valence-corrected chi connectivity index (χ0v) is 19.9. The summed E-state index contributed by atoms with van der Waals surface area (Å²) in [6, 6.07) is 13.8. The fourth-order valence-corrected chi connectivity index (χ4v) is 4.00. The molecule has 10 heteroatoms. The van der Waals surface area contributed by atoms with Gasteiger partial charge in [-0.15, -0.1) is 0 Å². The Hall–Kier alpha value is -3.69. The zero-order valence-electron chi connectivity index (χ0n) is 19.2. The smallest absolute Gasteiger partial charge is 0.332 e. The molecule has 9 nitrogen and oxygen atoms in total. The number of nitrogens with zero attached hydrogens (tertiary/aromatic N) is 4. The van der Waals surface area contributed by atoms with Gasteiger partial charge in [0.15, 0.2) is 11.2 Å². The van der Waals surface area contributed by atoms with Gasteiger partial charge in [0.1, 0.15) is 12.0 Å². The van der Waals surface area contributed by atoms with Gasteiger partial charge in [-0.25, -0.2) is 4.79 Å². The molecule has 2 aromatic heterocycles. The van der Waals surface area contributed by atoms with Crippen LogP contribution in [0.15, 0.2) is 58.1 Å². The first-order chi connectivity index (χ1) is 17.0. The summed E-state index contributed by atoms with van der Waals surface area (Å²) in [5.74, 6) is 0.368. The molecule has 0 spiro atoms. The SMILES string of the molecule is CCCn1c(=O)n(CCCO)c(=O)c2c1nc(Oc1cccc(C=O)c1)n2Cc1ccc(Cl)cc1. The van der Waals surface area contributed by atoms with Gasteiger partial charge < -0.3 is 9.84 Å². The molecule has 0 bridgehead atoms. The van der Waals surface area contributed by atoms with Gasteiger partial charge in [-0.3, -0.25) is 23.3 Å². The van der Waals surface area contributed by atoms with Crippen molar-refractivity contribution in [3.8, 4) is 11.8 Å². The number of carbonyl (C=O) groups is 1. The van der Waals surface area contributed by atoms with Crippen molar-refractivity contribution in [3.05, 3.63) is 85.5 Å². The number of aliphatic hydroxyl groups is 1. The average molecular weight is 497 g/mol. The second kappa shape index (κ2) is 10.7. The Morgan fingerprint density at radius 3 is 2.51 bits per heavy atom. The van der Waals surface area contributed by atoms with Gasteiger partial charge in [-0.2, -0.15) is 4.98 Å². The quantitative estimate of drug-likeness (QED) is 0.337. The standard InChI is InChI=1S/C25H25ClN4O5/c1-2-11-28-22-21(23(33)29(25(28)34)12-4-13-31)30(15-17-7-9-19(26)10-8-17)24(27-22)35-20-6-3-5-18(14-20)16-32/h3,5-10,14,16,31H,2,4,11-13,15H2,1H3. The van der Waals surface area contributed by atoms with E-state index >= 15 is 0 Å². The number of ether oxygens (including phenoxy) is 1. The van der Waals surface area contributed by atoms with Crippen molar-refractivity contribution in [1.29, 1.82) is 0 Å². The van der Waals surface area contributed by atoms with Crippen LogP contribution >= 0.6 is 11.6 Å². The molecule has 0 aliphatic heterocycles. The van der Waals surface area contributed by atoms with E-state index in [9.17, 15) is 19.5 Å². The molecule has 4 rings (SSSR count). The number of hydrogen-bond acceptors (Lipinski definition) is 6. The van der Waals surface area contributed by atoms with Crippen molar-refractivity contribution in [3.63, 3.8) is 0 Å². The van der Waals surface area contributed by atoms with Crippen LogP contribution < -0.4 is 16.0 Å². The van der Waals surface area contributed by atoms with Gasteiger partial charge in [0.2, 0.25) is 0 Å². The fraction of sp³-hybridized carbons (Fsp3) is 0.280. The average Bonchev–Trinajstić information content (AvgIpc) is 3.20. The third kappa shape index (κ3) is 5.06. The lowest BCUT2D eigenvalue weighted by Gasteiger charge is -2.12. The van der Waals surface area contributed by atoms with E-state index in [0.717, 1.165) is 10.1 Å². The highest BCUT2D eigenvalue weighted by Crippen LogP contribution is 2.26. The van der Waals surface area contributed by atoms with E-state index in [-0.39, 0.29) is 43.3 Å². The van der Waals surface area contributed by atoms with Gasteiger partial charge in [0, 0.05) is 30.3 Å². The van der Waals surface area contributed by atoms with Crippen molar-refractivity contribution in [2.75, 3.05) is 6.61 Å². The van der Waals surface area contributed by atoms with Gasteiger partial charge in [-0.05, 0) is 42.7 Å². The van der Waals surface area contributed by atoms with Gasteiger partial charge in [0.25, 0.3) is 5.56 Å². The maximum Gasteiger partial charge on any atom is 0.332 e. The van der Waals surface area contributed by atoms with Crippen LogP contribution in [-0.4, -0.2) is 36.7 Å². The highest BCUT2D eigenvalue weighted by molar-refractivity contribution is 6.30. The Kier molecular flexibility index (Phi) is 7.48. The number of hydrogen-bond donors (Lipinski definition) is 1. The van der Waals surface area contributed by atoms with E-state index in [1.54, 1.807) is 41.0 Å². The molecule has 0 saturated carbocycles. The molecule has 35 heavy (non-hydrogen) atoms. The van der Waals surface area contributed by atoms with E-state index in [4.69, 9.17) is 16.3 Å². The number of halogens is 1. The van der Waals surface area contributed by atoms with Crippen molar-refractivity contribution >= 4 is 29.1 Å². The molecule has 0 radical (unpaired) electrons. The number of carbonyl (C=O) groups excluding carboxylic acids is 1. The van der Waals surface area contributed by atoms with E-state index in [2.05, 4.69) is 4.98 Å². The highest BCUT2D eigenvalue weighted by Gasteiger charge is 2.23. The van der Waals surface area contributed by atoms with Crippen LogP contribution in [0.5, 0.6) is 11.8 Å². The molecule has 0 unspecified atom stereocenters. The number of rotatable bonds is 10. The van der Waals surface area contributed by atoms with Crippen LogP contribution in [0.4, 0.5) is 0 Å². The summed E-state index contributed by atoms with van der Waals surface area (Å²) in [7, 11) is 0. The highest BCUT2D eigenvalue weighted by atomic mass is 35.5. The Labute approximate surface area is 205 Å². The number of aryl methyl sites for hydroxylation is 1. The third-order valence-electron chi connectivity index (χ3n) is 5.52. The lowest BCUT2D eigenvalue weighted by molar-refractivity contribution is 0.112. The molecule has 0 saturated heterocycles. The molecule has 0 fully saturated rings. The number of aromatic nitrogens is 4. The summed E-state index contributed by atoms with van der Waals surface area (Å²) in [5.41, 5.74) is 0.712. The van der Waals surface area contributed by atoms with E-state index in [0.29, 0.717) is 35.6 Å². The molecule has 2 aromatic carbocycles. The molecule has 0 atom stereocenters. The summed E-state index contributed by atoms with van der Waals surface area (Å²) >= 11 is 6.04. The van der Waals surface area contributed by atoms with Crippen LogP contribution in [0.3, 0.4) is 0 Å². The van der Waals surface area contributed by atoms with Crippen molar-refractivity contribution in [1.82, 2.24) is 18.7 Å². The first-order valence-electron chi connectivity index (χ1n) is 11.3. The van der Waals surface area contributed by atoms with Crippen LogP contribution in [0.2, 0.25) is 5.02 Å². The monoisotopic (exact) mass is 496 g/mol. The zero-order chi connectivity index (χ0) is 24.9. The molecule has 0 aliphatic carbocycles. The lowest BCUT2D eigenvalue weighted by Crippen LogP contribution is -2.41. The molecule has 1 N–H and O–H groups in total. The van der Waals surface area contributed by atoms with Crippen LogP contribution in [0, 0.1) is 0 Å². The lowest BCUT2D eigenvalue weighted by atomic mass is 10.2. The maximum absolute atomic E-state index is 13.5. The second-order valence-electron chi connectivity index (χ2n) is 8.04. The maximum atomic E-state index is 13.5. The molecule has 2 heterocycles. The van der Waals surface area contributed by atoms with Crippen LogP contribution in [-0.2, 0) is 19.6 Å². The fourth-order valence-electron chi connectivity index (χ4n) is 3.88. The summed E-state index contributed by atoms with van der Waals surface area (Å²) in [4.78, 5) is 42.5. The molecule has 4 aromatic rings. The minimum absolute atomic E-state index is 0.0809. The van der Waals surface area contributed by atoms with Crippen LogP contribution in [0.1, 0.15) is 35.7 Å². The largest absolute Gasteiger partial charge is 0.425 e. The predicted octanol–water partition coefficient (Wildman–Crippen LogP) is 3.46. The van der Waals surface area contributed by atoms with Crippen molar-refractivity contribution < 1.29 is 14.6 Å². The molecule has 0 aliphatic rings. The minimum Gasteiger partial charge on any atom is -0.425 e. The molecule has 0 amide bonds. The van der Waals surface area contributed by atoms with E-state index < -0.39 is 11.2 Å². The second-order valence-corrected chi connectivity index (χ2v) is 8.48. The van der Waals surface area contributed by atoms with Gasteiger partial charge in [-0.1, -0.05) is 42.8 Å². The summed E-state index contributed by atoms with van der Waals surface area (Å²) in [5, 5.41) is 9.86. The number of aldehydes is 1. The normalized spacial score (nSPS) is 11.2. The topological polar surface area (TPSA) is 108 Å². The minimum atomic E-state index is -0.510. The molecule has 182 valence electrons. The molecular formula is C25H25ClN4O5. The summed E-state index contributed by atoms with van der Waals surface area (Å²) in [6.45, 7) is 2.44. The first-order valence-corrected chi connectivity index (χ1v) is 11.7. The Bertz CT molecular complexity index is 1470. The first kappa shape index (κ1) is 24.4. The third-order valence-corrected chi connectivity index (χ3v) is 5.78. The Morgan fingerprint density at radius 1 is 1.06 bits per heavy atom. The van der Waals surface area contributed by atoms with E-state index in [1.807, 2.05) is 19.1 Å². The van der Waals surface area contributed by atoms with Gasteiger partial charge >= 0.3 is 11.7 Å². The number of imidazole rings is 1. The van der Waals surface area contributed by atoms with Crippen LogP contribution in [0.25, 0.3) is 11.2 Å². The predicted molar refractivity (Wildman–Crippen MR) is 133 cm³/mol. The molecular weight excluding hydrogens is 472 g/mol. The van der Waals surface area contributed by atoms with Gasteiger partial charge in [0.05, 0.1) is 6.54 Å². The number of aliphatic hydroxyl groups excluding tert-OH is 1. The number of benzene rings is 2. The van der Waals surface area contributed by atoms with Crippen molar-refractivity contribution in [2.24, 2.45) is 0 Å².